The van der Waals surface area contributed by atoms with Crippen molar-refractivity contribution in [1.29, 1.82) is 0 Å². The van der Waals surface area contributed by atoms with Crippen molar-refractivity contribution in [3.05, 3.63) is 89.0 Å². The second kappa shape index (κ2) is 12.2. The summed E-state index contributed by atoms with van der Waals surface area (Å²) in [5, 5.41) is 133. The molecule has 5 rings (SSSR count). The number of hydrogen-bond donors (Lipinski definition) is 12. The van der Waals surface area contributed by atoms with E-state index in [-0.39, 0.29) is 44.5 Å². The Morgan fingerprint density at radius 2 is 0.620 bits per heavy atom. The summed E-state index contributed by atoms with van der Waals surface area (Å²) in [6.45, 7) is 5.51. The molecule has 4 unspecified atom stereocenters. The van der Waals surface area contributed by atoms with Crippen molar-refractivity contribution in [2.75, 3.05) is 11.0 Å². The van der Waals surface area contributed by atoms with Crippen LogP contribution in [0.25, 0.3) is 0 Å². The van der Waals surface area contributed by atoms with Gasteiger partial charge in [0.1, 0.15) is 34.4 Å². The Balaban J connectivity index is 2.04. The first-order valence-corrected chi connectivity index (χ1v) is 14.8. The van der Waals surface area contributed by atoms with Crippen molar-refractivity contribution in [2.45, 2.75) is 51.4 Å². The van der Waals surface area contributed by atoms with E-state index in [9.17, 15) is 71.5 Å². The van der Waals surface area contributed by atoms with Gasteiger partial charge >= 0.3 is 11.4 Å². The lowest BCUT2D eigenvalue weighted by Gasteiger charge is -2.27. The molecular formula is C32H32N4O14. The van der Waals surface area contributed by atoms with Crippen LogP contribution >= 0.6 is 0 Å². The van der Waals surface area contributed by atoms with Gasteiger partial charge in [-0.05, 0) is 24.3 Å². The second-order valence-electron chi connectivity index (χ2n) is 12.1. The zero-order valence-corrected chi connectivity index (χ0v) is 26.6. The summed E-state index contributed by atoms with van der Waals surface area (Å²) in [5.41, 5.74) is -2.04. The van der Waals surface area contributed by atoms with Gasteiger partial charge < -0.3 is 40.9 Å². The van der Waals surface area contributed by atoms with Crippen molar-refractivity contribution < 1.29 is 61.1 Å². The number of nitro groups is 2. The second-order valence-corrected chi connectivity index (χ2v) is 12.1. The molecule has 18 nitrogen and oxygen atoms in total. The number of nitrogens with one attached hydrogen (secondary N) is 2. The van der Waals surface area contributed by atoms with E-state index in [2.05, 4.69) is 0 Å². The van der Waals surface area contributed by atoms with Gasteiger partial charge in [0.25, 0.3) is 0 Å². The highest BCUT2D eigenvalue weighted by Crippen LogP contribution is 2.56. The van der Waals surface area contributed by atoms with Crippen LogP contribution in [0.2, 0.25) is 0 Å². The summed E-state index contributed by atoms with van der Waals surface area (Å²) in [7, 11) is 0. The molecule has 0 aliphatic heterocycles. The lowest BCUT2D eigenvalue weighted by Crippen LogP contribution is -2.10. The molecule has 4 aromatic rings. The van der Waals surface area contributed by atoms with Crippen LogP contribution in [0.5, 0.6) is 46.0 Å². The van der Waals surface area contributed by atoms with E-state index < -0.39 is 102 Å². The van der Waals surface area contributed by atoms with E-state index in [1.807, 2.05) is 0 Å². The Kier molecular flexibility index (Phi) is 8.55. The average molecular weight is 697 g/mol. The van der Waals surface area contributed by atoms with Gasteiger partial charge in [0.2, 0.25) is 23.0 Å². The van der Waals surface area contributed by atoms with Crippen molar-refractivity contribution in [3.8, 4) is 46.0 Å². The topological polar surface area (TPSA) is 313 Å². The van der Waals surface area contributed by atoms with Gasteiger partial charge in [0.05, 0.1) is 9.85 Å². The maximum Gasteiger partial charge on any atom is 0.352 e. The molecule has 0 aromatic heterocycles. The number of rotatable bonds is 4. The summed E-state index contributed by atoms with van der Waals surface area (Å²) in [6, 6.07) is 4.67. The van der Waals surface area contributed by atoms with Gasteiger partial charge in [-0.1, -0.05) is 27.7 Å². The van der Waals surface area contributed by atoms with Crippen LogP contribution < -0.4 is 11.0 Å². The number of phenolic OH excluding ortho intramolecular Hbond substituents is 8. The molecule has 1 aliphatic rings. The summed E-state index contributed by atoms with van der Waals surface area (Å²) in [5.74, 6) is -12.2. The number of benzene rings is 4. The summed E-state index contributed by atoms with van der Waals surface area (Å²) >= 11 is 0. The average Bonchev–Trinajstić information content (AvgIpc) is 3.04. The largest absolute Gasteiger partial charge is 0.505 e. The molecule has 0 spiro atoms. The lowest BCUT2D eigenvalue weighted by molar-refractivity contribution is -0.387. The molecule has 0 heterocycles. The minimum atomic E-state index is -1.25. The number of nitrogens with zero attached hydrogens (tertiary/aromatic N) is 2. The third kappa shape index (κ3) is 4.96. The minimum Gasteiger partial charge on any atom is -0.505 e. The lowest BCUT2D eigenvalue weighted by atomic mass is 9.80. The Bertz CT molecular complexity index is 1850. The van der Waals surface area contributed by atoms with E-state index in [0.29, 0.717) is 0 Å². The zero-order chi connectivity index (χ0) is 37.3. The summed E-state index contributed by atoms with van der Waals surface area (Å²) in [6.07, 6.45) is 0. The van der Waals surface area contributed by atoms with Crippen LogP contribution in [-0.2, 0) is 0 Å². The van der Waals surface area contributed by atoms with Gasteiger partial charge in [-0.25, -0.2) is 0 Å². The molecule has 0 radical (unpaired) electrons. The molecule has 264 valence electrons. The van der Waals surface area contributed by atoms with E-state index in [4.69, 9.17) is 0 Å². The highest BCUT2D eigenvalue weighted by molar-refractivity contribution is 5.77. The molecule has 1 aliphatic carbocycles. The Morgan fingerprint density at radius 1 is 0.440 bits per heavy atom. The predicted molar refractivity (Wildman–Crippen MR) is 173 cm³/mol. The Labute approximate surface area is 281 Å². The molecule has 50 heavy (non-hydrogen) atoms. The van der Waals surface area contributed by atoms with E-state index >= 15 is 0 Å². The van der Waals surface area contributed by atoms with E-state index in [1.54, 1.807) is 11.0 Å². The first-order valence-electron chi connectivity index (χ1n) is 14.8. The molecule has 4 atom stereocenters. The number of hydrogen-bond acceptors (Lipinski definition) is 16. The van der Waals surface area contributed by atoms with Crippen molar-refractivity contribution >= 4 is 22.7 Å². The monoisotopic (exact) mass is 696 g/mol. The molecule has 0 saturated carbocycles. The first kappa shape index (κ1) is 34.9. The SMILES string of the molecule is CC1c2cc(c(O)c(NO)c2O)C(C)c2cc(c(O)c([N+](=O)[O-])c2O)C(C)c2cc(c(O)c(NO)c2O)C(C)c2cc1c(O)c([N+](=O)[O-])c2O. The van der Waals surface area contributed by atoms with E-state index in [0.717, 1.165) is 12.1 Å². The summed E-state index contributed by atoms with van der Waals surface area (Å²) in [4.78, 5) is 22.3. The van der Waals surface area contributed by atoms with Crippen molar-refractivity contribution in [1.82, 2.24) is 0 Å². The first-order chi connectivity index (χ1) is 23.4. The van der Waals surface area contributed by atoms with Gasteiger partial charge in [0, 0.05) is 68.2 Å². The molecule has 0 fully saturated rings. The highest BCUT2D eigenvalue weighted by Gasteiger charge is 2.37. The molecule has 18 heteroatoms. The number of aromatic hydroxyl groups is 8. The van der Waals surface area contributed by atoms with E-state index in [1.165, 1.54) is 39.8 Å². The molecular weight excluding hydrogens is 664 g/mol. The Morgan fingerprint density at radius 3 is 0.780 bits per heavy atom. The van der Waals surface area contributed by atoms with Crippen LogP contribution in [-0.4, -0.2) is 61.1 Å². The fourth-order valence-electron chi connectivity index (χ4n) is 6.66. The van der Waals surface area contributed by atoms with Crippen LogP contribution in [0.3, 0.4) is 0 Å². The standard InChI is InChI=1S/C32H32N4O14/c1-9-13-5-14(26(38)21(33-45)25(13)37)10(2)19-8-20(32(44)24(31(19)43)36(49)50)12(4)16-6-15(27(39)22(34-46)28(16)40)11(3)18-7-17(9)29(41)23(30(18)42)35(47)48/h5-12,33-34,37-46H,1-4H3. The maximum absolute atomic E-state index is 12.2. The molecule has 0 amide bonds. The number of nitro benzene ring substituents is 2. The molecule has 12 N–H and O–H groups in total. The fourth-order valence-corrected chi connectivity index (χ4v) is 6.66. The highest BCUT2D eigenvalue weighted by atomic mass is 16.6. The zero-order valence-electron chi connectivity index (χ0n) is 26.6. The molecule has 8 bridgehead atoms. The summed E-state index contributed by atoms with van der Waals surface area (Å²) < 4.78 is 0. The van der Waals surface area contributed by atoms with Gasteiger partial charge in [-0.2, -0.15) is 0 Å². The smallest absolute Gasteiger partial charge is 0.352 e. The molecule has 0 saturated heterocycles. The predicted octanol–water partition coefficient (Wildman–Crippen LogP) is 5.67. The number of fused-ring (bicyclic) bond motifs is 8. The third-order valence-corrected chi connectivity index (χ3v) is 9.60. The van der Waals surface area contributed by atoms with Crippen molar-refractivity contribution in [2.24, 2.45) is 0 Å². The molecule has 4 aromatic carbocycles. The van der Waals surface area contributed by atoms with Gasteiger partial charge in [-0.15, -0.1) is 0 Å². The third-order valence-electron chi connectivity index (χ3n) is 9.60. The minimum absolute atomic E-state index is 0.176. The fraction of sp³-hybridized carbons (Fsp3) is 0.250. The van der Waals surface area contributed by atoms with Crippen LogP contribution in [0, 0.1) is 20.2 Å². The maximum atomic E-state index is 12.2. The normalized spacial score (nSPS) is 18.4. The van der Waals surface area contributed by atoms with Crippen LogP contribution in [0.4, 0.5) is 22.7 Å². The van der Waals surface area contributed by atoms with Crippen LogP contribution in [0.15, 0.2) is 24.3 Å². The Hall–Kier alpha value is -6.40. The van der Waals surface area contributed by atoms with Crippen molar-refractivity contribution in [3.63, 3.8) is 0 Å². The number of phenols is 8. The van der Waals surface area contributed by atoms with Crippen LogP contribution in [0.1, 0.15) is 95.9 Å². The quantitative estimate of drug-likeness (QED) is 0.0694. The number of anilines is 2. The van der Waals surface area contributed by atoms with Gasteiger partial charge in [-0.3, -0.25) is 41.6 Å². The van der Waals surface area contributed by atoms with Gasteiger partial charge in [0.15, 0.2) is 0 Å².